The number of carbonyl (C=O) groups is 5. The van der Waals surface area contributed by atoms with Gasteiger partial charge >= 0.3 is 17.9 Å². The molecule has 0 radical (unpaired) electrons. The number of benzene rings is 1. The van der Waals surface area contributed by atoms with Gasteiger partial charge in [-0.25, -0.2) is 9.59 Å². The van der Waals surface area contributed by atoms with E-state index in [0.717, 1.165) is 38.5 Å². The number of unbranched alkanes of at least 4 members (excludes halogenated alkanes) is 4. The first-order valence-corrected chi connectivity index (χ1v) is 21.2. The number of amides is 2. The molecule has 6 aliphatic rings. The second-order valence-corrected chi connectivity index (χ2v) is 17.3. The van der Waals surface area contributed by atoms with Gasteiger partial charge in [0.2, 0.25) is 17.9 Å². The molecule has 1 saturated carbocycles. The summed E-state index contributed by atoms with van der Waals surface area (Å²) in [5, 5.41) is 13.6. The van der Waals surface area contributed by atoms with Gasteiger partial charge in [-0.3, -0.25) is 19.2 Å². The minimum Gasteiger partial charge on any atom is -0.462 e. The first kappa shape index (κ1) is 42.2. The van der Waals surface area contributed by atoms with Crippen molar-refractivity contribution in [2.75, 3.05) is 26.3 Å². The van der Waals surface area contributed by atoms with E-state index < -0.39 is 77.1 Å². The third-order valence-electron chi connectivity index (χ3n) is 12.7. The Hall–Kier alpha value is -3.89. The number of fused-ring (bicyclic) bond motifs is 4. The Morgan fingerprint density at radius 2 is 1.72 bits per heavy atom. The van der Waals surface area contributed by atoms with Crippen LogP contribution >= 0.6 is 0 Å². The molecule has 0 aromatic heterocycles. The fraction of sp³-hybridized carbons (Fsp3) is 0.698. The topological polar surface area (TPSA) is 179 Å². The fourth-order valence-corrected chi connectivity index (χ4v) is 9.78. The van der Waals surface area contributed by atoms with Gasteiger partial charge in [0.1, 0.15) is 42.5 Å². The first-order valence-electron chi connectivity index (χ1n) is 21.2. The van der Waals surface area contributed by atoms with Crippen LogP contribution in [0.1, 0.15) is 109 Å². The average Bonchev–Trinajstić information content (AvgIpc) is 3.98. The molecule has 2 N–H and O–H groups in total. The Bertz CT molecular complexity index is 1740. The number of ether oxygens (including phenoxy) is 5. The largest absolute Gasteiger partial charge is 0.462 e. The maximum absolute atomic E-state index is 15.3. The number of aliphatic hydroxyl groups excluding tert-OH is 1. The Morgan fingerprint density at radius 3 is 2.41 bits per heavy atom. The van der Waals surface area contributed by atoms with Crippen molar-refractivity contribution in [3.05, 3.63) is 41.5 Å². The van der Waals surface area contributed by atoms with Gasteiger partial charge in [-0.1, -0.05) is 77.6 Å². The fourth-order valence-electron chi connectivity index (χ4n) is 9.78. The summed E-state index contributed by atoms with van der Waals surface area (Å²) in [7, 11) is 0. The Balaban J connectivity index is 1.22. The van der Waals surface area contributed by atoms with E-state index in [4.69, 9.17) is 28.5 Å². The lowest BCUT2D eigenvalue weighted by molar-refractivity contribution is -0.225. The van der Waals surface area contributed by atoms with Crippen LogP contribution in [-0.2, 0) is 59.0 Å². The van der Waals surface area contributed by atoms with E-state index in [1.165, 1.54) is 11.1 Å². The van der Waals surface area contributed by atoms with Crippen molar-refractivity contribution in [2.45, 2.75) is 153 Å². The number of rotatable bonds is 17. The molecule has 58 heavy (non-hydrogen) atoms. The van der Waals surface area contributed by atoms with Gasteiger partial charge < -0.3 is 39.0 Å². The predicted molar refractivity (Wildman–Crippen MR) is 207 cm³/mol. The van der Waals surface area contributed by atoms with Crippen LogP contribution in [0.25, 0.3) is 6.08 Å². The van der Waals surface area contributed by atoms with Crippen molar-refractivity contribution in [2.24, 2.45) is 10.8 Å². The minimum atomic E-state index is -1.47. The lowest BCUT2D eigenvalue weighted by Crippen LogP contribution is -2.70. The van der Waals surface area contributed by atoms with E-state index in [-0.39, 0.29) is 44.5 Å². The highest BCUT2D eigenvalue weighted by Crippen LogP contribution is 2.59. The number of likely N-dealkylation sites (tertiary alicyclic amines) is 1. The van der Waals surface area contributed by atoms with Crippen molar-refractivity contribution in [1.82, 2.24) is 15.3 Å². The second-order valence-electron chi connectivity index (χ2n) is 17.3. The quantitative estimate of drug-likeness (QED) is 0.101. The number of cyclic esters (lactones) is 1. The van der Waals surface area contributed by atoms with E-state index >= 15 is 4.79 Å². The summed E-state index contributed by atoms with van der Waals surface area (Å²) < 4.78 is 30.8. The van der Waals surface area contributed by atoms with Crippen molar-refractivity contribution in [1.29, 1.82) is 0 Å². The van der Waals surface area contributed by atoms with Crippen molar-refractivity contribution >= 4 is 35.8 Å². The van der Waals surface area contributed by atoms with E-state index in [1.54, 1.807) is 37.0 Å². The van der Waals surface area contributed by atoms with Crippen LogP contribution in [0.5, 0.6) is 0 Å². The zero-order chi connectivity index (χ0) is 41.2. The summed E-state index contributed by atoms with van der Waals surface area (Å²) in [6.45, 7) is 8.18. The first-order chi connectivity index (χ1) is 27.9. The van der Waals surface area contributed by atoms with E-state index in [1.807, 2.05) is 12.1 Å². The third kappa shape index (κ3) is 7.92. The summed E-state index contributed by atoms with van der Waals surface area (Å²) in [6, 6.07) is 5.32. The molecule has 0 spiro atoms. The molecule has 1 aromatic carbocycles. The monoisotopic (exact) mass is 809 g/mol. The number of esters is 3. The van der Waals surface area contributed by atoms with Crippen molar-refractivity contribution in [3.8, 4) is 0 Å². The lowest BCUT2D eigenvalue weighted by atomic mass is 9.62. The number of hydroxylamine groups is 2. The second kappa shape index (κ2) is 17.4. The highest BCUT2D eigenvalue weighted by molar-refractivity contribution is 5.96. The van der Waals surface area contributed by atoms with Gasteiger partial charge in [-0.15, -0.1) is 0 Å². The summed E-state index contributed by atoms with van der Waals surface area (Å²) in [4.78, 5) is 76.8. The van der Waals surface area contributed by atoms with Gasteiger partial charge in [0, 0.05) is 43.8 Å². The molecular weight excluding hydrogens is 750 g/mol. The lowest BCUT2D eigenvalue weighted by Gasteiger charge is -2.50. The highest BCUT2D eigenvalue weighted by atomic mass is 16.8. The number of aliphatic hydroxyl groups is 1. The van der Waals surface area contributed by atoms with Crippen LogP contribution in [0.15, 0.2) is 30.3 Å². The van der Waals surface area contributed by atoms with Crippen LogP contribution in [0.4, 0.5) is 0 Å². The number of nitrogens with zero attached hydrogens (tertiary/aromatic N) is 2. The number of hydrogen-bond acceptors (Lipinski definition) is 13. The molecule has 318 valence electrons. The smallest absolute Gasteiger partial charge is 0.348 e. The molecule has 5 saturated heterocycles. The molecule has 2 bridgehead atoms. The summed E-state index contributed by atoms with van der Waals surface area (Å²) in [6.07, 6.45) is 6.95. The SMILES string of the molecule is CCCCCC1(CCCCC)OC2C3CC4(C(=O)N5CCCC5C(=O)NCCO)C(ON(Cc5ccccc5C=CC(=O)OC5C(=O)OCC5(C)C)C4C(=O)O3)C2O1. The Labute approximate surface area is 340 Å². The Kier molecular flexibility index (Phi) is 12.7. The molecule has 6 fully saturated rings. The standard InChI is InChI=1S/C43H59N3O12/c1-5-7-11-19-42(20-12-8-6-2)56-32-30-24-43(40(52)45-22-13-16-29(45)37(49)44-21-23-47)34(38(50)54-30)46(58-35(43)33(32)57-42)25-28-15-10-9-14-27(28)17-18-31(48)55-36-39(51)53-26-41(36,3)4/h9-10,14-15,17-18,29-30,32-36,47H,5-8,11-13,16,19-26H2,1-4H3,(H,44,49). The van der Waals surface area contributed by atoms with Crippen LogP contribution in [0, 0.1) is 10.8 Å². The molecular formula is C43H59N3O12. The molecule has 15 nitrogen and oxygen atoms in total. The van der Waals surface area contributed by atoms with E-state index in [0.29, 0.717) is 43.4 Å². The highest BCUT2D eigenvalue weighted by Gasteiger charge is 2.77. The molecule has 5 aliphatic heterocycles. The van der Waals surface area contributed by atoms with Gasteiger partial charge in [0.05, 0.1) is 13.2 Å². The van der Waals surface area contributed by atoms with Gasteiger partial charge in [-0.05, 0) is 42.9 Å². The number of hydrogen-bond donors (Lipinski definition) is 2. The maximum Gasteiger partial charge on any atom is 0.348 e. The van der Waals surface area contributed by atoms with E-state index in [2.05, 4.69) is 19.2 Å². The van der Waals surface area contributed by atoms with Gasteiger partial charge in [-0.2, -0.15) is 5.06 Å². The molecule has 5 heterocycles. The van der Waals surface area contributed by atoms with Crippen molar-refractivity contribution < 1.29 is 57.6 Å². The zero-order valence-corrected chi connectivity index (χ0v) is 34.2. The molecule has 15 heteroatoms. The summed E-state index contributed by atoms with van der Waals surface area (Å²) >= 11 is 0. The minimum absolute atomic E-state index is 0.0321. The summed E-state index contributed by atoms with van der Waals surface area (Å²) in [5.41, 5.74) is -0.832. The van der Waals surface area contributed by atoms with Crippen LogP contribution in [0.2, 0.25) is 0 Å². The zero-order valence-electron chi connectivity index (χ0n) is 34.2. The van der Waals surface area contributed by atoms with Gasteiger partial charge in [0.15, 0.2) is 11.8 Å². The van der Waals surface area contributed by atoms with Gasteiger partial charge in [0.25, 0.3) is 0 Å². The molecule has 1 aliphatic carbocycles. The molecule has 7 rings (SSSR count). The predicted octanol–water partition coefficient (Wildman–Crippen LogP) is 3.73. The van der Waals surface area contributed by atoms with Crippen LogP contribution in [0.3, 0.4) is 0 Å². The van der Waals surface area contributed by atoms with Crippen molar-refractivity contribution in [3.63, 3.8) is 0 Å². The number of carbonyl (C=O) groups excluding carboxylic acids is 5. The van der Waals surface area contributed by atoms with Crippen LogP contribution < -0.4 is 5.32 Å². The Morgan fingerprint density at radius 1 is 1.00 bits per heavy atom. The summed E-state index contributed by atoms with van der Waals surface area (Å²) in [5.74, 6) is -3.58. The average molecular weight is 810 g/mol. The molecule has 8 unspecified atom stereocenters. The maximum atomic E-state index is 15.3. The third-order valence-corrected chi connectivity index (χ3v) is 12.7. The molecule has 1 aromatic rings. The normalized spacial score (nSPS) is 31.9. The molecule has 2 amide bonds. The van der Waals surface area contributed by atoms with Crippen LogP contribution in [-0.4, -0.2) is 119 Å². The van der Waals surface area contributed by atoms with E-state index in [9.17, 15) is 24.3 Å². The number of nitrogens with one attached hydrogen (secondary N) is 1. The molecule has 8 atom stereocenters.